The number of rotatable bonds is 3. The molecule has 218 valence electrons. The van der Waals surface area contributed by atoms with Crippen molar-refractivity contribution in [1.29, 1.82) is 0 Å². The minimum atomic E-state index is 0.912. The molecule has 10 rings (SSSR count). The summed E-state index contributed by atoms with van der Waals surface area (Å²) in [6, 6.07) is 61.4. The lowest BCUT2D eigenvalue weighted by atomic mass is 9.84. The van der Waals surface area contributed by atoms with Crippen molar-refractivity contribution in [1.82, 2.24) is 0 Å². The van der Waals surface area contributed by atoms with E-state index in [0.717, 1.165) is 22.6 Å². The number of benzene rings is 9. The topological polar surface area (TPSA) is 9.23 Å². The van der Waals surface area contributed by atoms with Gasteiger partial charge in [0.25, 0.3) is 0 Å². The summed E-state index contributed by atoms with van der Waals surface area (Å²) in [5, 5.41) is 9.80. The quantitative estimate of drug-likeness (QED) is 0.184. The highest BCUT2D eigenvalue weighted by molar-refractivity contribution is 6.22. The molecule has 0 bridgehead atoms. The van der Waals surface area contributed by atoms with E-state index in [-0.39, 0.29) is 0 Å². The van der Waals surface area contributed by atoms with Crippen LogP contribution in [0.25, 0.3) is 87.6 Å². The third-order valence-electron chi connectivity index (χ3n) is 9.86. The van der Waals surface area contributed by atoms with E-state index < -0.39 is 0 Å². The molecule has 0 N–H and O–H groups in total. The minimum Gasteiger partial charge on any atom is -0.455 e. The second-order valence-electron chi connectivity index (χ2n) is 12.4. The summed E-state index contributed by atoms with van der Waals surface area (Å²) in [7, 11) is 0. The smallest absolute Gasteiger partial charge is 0.143 e. The van der Waals surface area contributed by atoms with Crippen LogP contribution in [0.4, 0.5) is 0 Å². The van der Waals surface area contributed by atoms with E-state index in [1.165, 1.54) is 76.5 Å². The summed E-state index contributed by atoms with van der Waals surface area (Å²) in [6.07, 6.45) is 0. The molecule has 9 aromatic rings. The Labute approximate surface area is 272 Å². The van der Waals surface area contributed by atoms with Gasteiger partial charge in [-0.3, -0.25) is 0 Å². The monoisotopic (exact) mass is 596 g/mol. The van der Waals surface area contributed by atoms with Crippen LogP contribution in [0.5, 0.6) is 11.5 Å². The summed E-state index contributed by atoms with van der Waals surface area (Å²) < 4.78 is 6.83. The molecule has 0 radical (unpaired) electrons. The third-order valence-corrected chi connectivity index (χ3v) is 9.86. The second kappa shape index (κ2) is 10.2. The van der Waals surface area contributed by atoms with Crippen LogP contribution in [-0.4, -0.2) is 0 Å². The molecule has 0 aromatic heterocycles. The molecule has 0 amide bonds. The number of hydrogen-bond acceptors (Lipinski definition) is 1. The molecule has 9 aromatic carbocycles. The predicted octanol–water partition coefficient (Wildman–Crippen LogP) is 13.1. The molecule has 47 heavy (non-hydrogen) atoms. The van der Waals surface area contributed by atoms with Gasteiger partial charge in [0.15, 0.2) is 0 Å². The fraction of sp³-hybridized carbons (Fsp3) is 0. The zero-order chi connectivity index (χ0) is 30.9. The lowest BCUT2D eigenvalue weighted by Crippen LogP contribution is -2.00. The van der Waals surface area contributed by atoms with Crippen molar-refractivity contribution in [2.45, 2.75) is 0 Å². The fourth-order valence-corrected chi connectivity index (χ4v) is 7.81. The van der Waals surface area contributed by atoms with Crippen molar-refractivity contribution in [2.24, 2.45) is 0 Å². The van der Waals surface area contributed by atoms with Crippen LogP contribution in [0.1, 0.15) is 0 Å². The summed E-state index contributed by atoms with van der Waals surface area (Å²) in [5.74, 6) is 1.83. The largest absolute Gasteiger partial charge is 0.455 e. The van der Waals surface area contributed by atoms with E-state index in [4.69, 9.17) is 4.74 Å². The molecule has 1 heteroatoms. The van der Waals surface area contributed by atoms with Gasteiger partial charge in [0.1, 0.15) is 11.5 Å². The Balaban J connectivity index is 1.21. The number of fused-ring (bicyclic) bond motifs is 5. The SMILES string of the molecule is c1cc(-c2c3ccccc3c(-c3ccc(-c4cccc5ccccc45)cc3)c3ccccc23)c2c(c1)-c1cccc3cccc(c13)O2. The normalized spacial score (nSPS) is 12.0. The first-order chi connectivity index (χ1) is 23.3. The van der Waals surface area contributed by atoms with E-state index in [1.807, 2.05) is 0 Å². The van der Waals surface area contributed by atoms with Crippen LogP contribution >= 0.6 is 0 Å². The molecular formula is C46H28O. The Hall–Kier alpha value is -6.18. The van der Waals surface area contributed by atoms with Gasteiger partial charge in [-0.05, 0) is 71.6 Å². The maximum absolute atomic E-state index is 6.83. The van der Waals surface area contributed by atoms with Gasteiger partial charge in [0.05, 0.1) is 0 Å². The van der Waals surface area contributed by atoms with Crippen LogP contribution in [0.15, 0.2) is 170 Å². The van der Waals surface area contributed by atoms with Crippen LogP contribution in [0.2, 0.25) is 0 Å². The van der Waals surface area contributed by atoms with Gasteiger partial charge in [-0.25, -0.2) is 0 Å². The molecule has 1 aliphatic rings. The van der Waals surface area contributed by atoms with Gasteiger partial charge in [0, 0.05) is 22.1 Å². The fourth-order valence-electron chi connectivity index (χ4n) is 7.81. The Morgan fingerprint density at radius 3 is 1.51 bits per heavy atom. The van der Waals surface area contributed by atoms with Gasteiger partial charge in [-0.15, -0.1) is 0 Å². The van der Waals surface area contributed by atoms with Crippen LogP contribution in [-0.2, 0) is 0 Å². The summed E-state index contributed by atoms with van der Waals surface area (Å²) >= 11 is 0. The summed E-state index contributed by atoms with van der Waals surface area (Å²) in [4.78, 5) is 0. The molecule has 0 unspecified atom stereocenters. The maximum Gasteiger partial charge on any atom is 0.143 e. The standard InChI is InChI=1S/C46H28O/c1-2-15-33-29(11-1)12-7-20-34(33)30-25-27-32(28-26-30)43-35-16-3-5-18-37(35)45(38-19-6-4-17-36(38)43)41-23-10-22-40-39-21-8-13-31-14-9-24-42(44(31)39)47-46(40)41/h1-28H. The highest BCUT2D eigenvalue weighted by atomic mass is 16.5. The lowest BCUT2D eigenvalue weighted by Gasteiger charge is -2.25. The molecule has 1 aliphatic heterocycles. The number of hydrogen-bond donors (Lipinski definition) is 0. The van der Waals surface area contributed by atoms with Crippen molar-refractivity contribution in [3.63, 3.8) is 0 Å². The van der Waals surface area contributed by atoms with Gasteiger partial charge in [-0.2, -0.15) is 0 Å². The molecular weight excluding hydrogens is 569 g/mol. The van der Waals surface area contributed by atoms with E-state index in [0.29, 0.717) is 0 Å². The first-order valence-electron chi connectivity index (χ1n) is 16.2. The van der Waals surface area contributed by atoms with Crippen molar-refractivity contribution in [2.75, 3.05) is 0 Å². The predicted molar refractivity (Wildman–Crippen MR) is 198 cm³/mol. The Morgan fingerprint density at radius 2 is 0.787 bits per heavy atom. The lowest BCUT2D eigenvalue weighted by molar-refractivity contribution is 0.489. The highest BCUT2D eigenvalue weighted by Crippen LogP contribution is 2.53. The number of para-hydroxylation sites is 1. The van der Waals surface area contributed by atoms with Crippen LogP contribution in [0.3, 0.4) is 0 Å². The van der Waals surface area contributed by atoms with Crippen molar-refractivity contribution >= 4 is 43.1 Å². The van der Waals surface area contributed by atoms with E-state index in [2.05, 4.69) is 170 Å². The summed E-state index contributed by atoms with van der Waals surface area (Å²) in [5.41, 5.74) is 9.61. The average Bonchev–Trinajstić information content (AvgIpc) is 3.14. The van der Waals surface area contributed by atoms with E-state index in [1.54, 1.807) is 0 Å². The van der Waals surface area contributed by atoms with Gasteiger partial charge >= 0.3 is 0 Å². The third kappa shape index (κ3) is 3.90. The molecule has 0 aliphatic carbocycles. The minimum absolute atomic E-state index is 0.912. The van der Waals surface area contributed by atoms with Crippen LogP contribution < -0.4 is 4.74 Å². The van der Waals surface area contributed by atoms with Gasteiger partial charge in [-0.1, -0.05) is 164 Å². The summed E-state index contributed by atoms with van der Waals surface area (Å²) in [6.45, 7) is 0. The number of ether oxygens (including phenoxy) is 1. The molecule has 0 saturated heterocycles. The molecule has 1 heterocycles. The Bertz CT molecular complexity index is 2630. The first kappa shape index (κ1) is 26.1. The highest BCUT2D eigenvalue weighted by Gasteiger charge is 2.25. The molecule has 0 spiro atoms. The molecule has 0 fully saturated rings. The average molecular weight is 597 g/mol. The molecule has 0 atom stereocenters. The van der Waals surface area contributed by atoms with Crippen molar-refractivity contribution in [3.8, 4) is 56.0 Å². The van der Waals surface area contributed by atoms with E-state index >= 15 is 0 Å². The zero-order valence-electron chi connectivity index (χ0n) is 25.6. The zero-order valence-corrected chi connectivity index (χ0v) is 25.6. The molecule has 1 nitrogen and oxygen atoms in total. The Kier molecular flexibility index (Phi) is 5.64. The van der Waals surface area contributed by atoms with Crippen molar-refractivity contribution in [3.05, 3.63) is 170 Å². The van der Waals surface area contributed by atoms with Gasteiger partial charge < -0.3 is 4.74 Å². The molecule has 0 saturated carbocycles. The second-order valence-corrected chi connectivity index (χ2v) is 12.4. The van der Waals surface area contributed by atoms with Gasteiger partial charge in [0.2, 0.25) is 0 Å². The van der Waals surface area contributed by atoms with Crippen molar-refractivity contribution < 1.29 is 4.74 Å². The van der Waals surface area contributed by atoms with Crippen LogP contribution in [0, 0.1) is 0 Å². The Morgan fingerprint density at radius 1 is 0.298 bits per heavy atom. The van der Waals surface area contributed by atoms with E-state index in [9.17, 15) is 0 Å². The maximum atomic E-state index is 6.83. The first-order valence-corrected chi connectivity index (χ1v) is 16.2.